The highest BCUT2D eigenvalue weighted by molar-refractivity contribution is 7.12. The molecule has 0 bridgehead atoms. The average Bonchev–Trinajstić information content (AvgIpc) is 2.98. The van der Waals surface area contributed by atoms with Gasteiger partial charge in [0.2, 0.25) is 0 Å². The fourth-order valence-electron chi connectivity index (χ4n) is 1.68. The summed E-state index contributed by atoms with van der Waals surface area (Å²) in [5.41, 5.74) is 0.266. The minimum absolute atomic E-state index is 0.0698. The Morgan fingerprint density at radius 2 is 2.20 bits per heavy atom. The minimum Gasteiger partial charge on any atom is -0.491 e. The minimum atomic E-state index is -0.570. The van der Waals surface area contributed by atoms with Crippen molar-refractivity contribution in [1.29, 1.82) is 0 Å². The lowest BCUT2D eigenvalue weighted by atomic mass is 10.2. The summed E-state index contributed by atoms with van der Waals surface area (Å²) >= 11 is 1.41. The third kappa shape index (κ3) is 3.74. The number of halogens is 1. The number of aldehydes is 1. The molecule has 0 saturated heterocycles. The molecule has 0 unspecified atom stereocenters. The third-order valence-corrected chi connectivity index (χ3v) is 3.60. The number of hydrogen-bond donors (Lipinski definition) is 0. The lowest BCUT2D eigenvalue weighted by molar-refractivity contribution is 0.0976. The van der Waals surface area contributed by atoms with Gasteiger partial charge in [-0.1, -0.05) is 6.07 Å². The average molecular weight is 292 g/mol. The van der Waals surface area contributed by atoms with Gasteiger partial charge >= 0.3 is 0 Å². The second-order valence-electron chi connectivity index (χ2n) is 4.16. The number of hydrogen-bond acceptors (Lipinski definition) is 4. The molecular weight excluding hydrogens is 279 g/mol. The zero-order valence-electron chi connectivity index (χ0n) is 10.7. The first-order valence-electron chi connectivity index (χ1n) is 6.15. The Labute approximate surface area is 120 Å². The molecule has 1 aromatic heterocycles. The van der Waals surface area contributed by atoms with E-state index in [0.29, 0.717) is 19.1 Å². The van der Waals surface area contributed by atoms with Crippen LogP contribution in [0.1, 0.15) is 32.9 Å². The van der Waals surface area contributed by atoms with Crippen molar-refractivity contribution in [3.8, 4) is 5.75 Å². The molecule has 0 aliphatic carbocycles. The summed E-state index contributed by atoms with van der Waals surface area (Å²) in [6.45, 7) is 0.258. The molecule has 0 N–H and O–H groups in total. The monoisotopic (exact) mass is 292 g/mol. The van der Waals surface area contributed by atoms with Gasteiger partial charge in [0.1, 0.15) is 6.29 Å². The van der Waals surface area contributed by atoms with Crippen LogP contribution in [0.5, 0.6) is 5.75 Å². The van der Waals surface area contributed by atoms with E-state index in [9.17, 15) is 14.0 Å². The number of ketones is 1. The van der Waals surface area contributed by atoms with Gasteiger partial charge in [-0.25, -0.2) is 4.39 Å². The molecule has 1 heterocycles. The third-order valence-electron chi connectivity index (χ3n) is 2.69. The molecule has 5 heteroatoms. The maximum Gasteiger partial charge on any atom is 0.172 e. The summed E-state index contributed by atoms with van der Waals surface area (Å²) in [6, 6.07) is 7.64. The molecule has 0 spiro atoms. The van der Waals surface area contributed by atoms with Gasteiger partial charge in [-0.2, -0.15) is 0 Å². The molecule has 2 aromatic rings. The molecule has 0 saturated carbocycles. The van der Waals surface area contributed by atoms with E-state index in [1.165, 1.54) is 23.5 Å². The first kappa shape index (κ1) is 14.4. The number of Topliss-reactive ketones (excluding diaryl/α,β-unsaturated/α-hetero) is 1. The number of ether oxygens (including phenoxy) is 1. The standard InChI is InChI=1S/C15H13FO3S/c16-12-9-11(10-17)5-6-14(12)19-7-1-3-13(18)15-4-2-8-20-15/h2,4-6,8-10H,1,3,7H2. The molecule has 0 aliphatic rings. The summed E-state index contributed by atoms with van der Waals surface area (Å²) in [5, 5.41) is 1.85. The predicted molar refractivity (Wildman–Crippen MR) is 75.2 cm³/mol. The lowest BCUT2D eigenvalue weighted by Crippen LogP contribution is -2.03. The Balaban J connectivity index is 1.79. The maximum atomic E-state index is 13.5. The molecule has 0 fully saturated rings. The van der Waals surface area contributed by atoms with Crippen molar-refractivity contribution in [1.82, 2.24) is 0 Å². The van der Waals surface area contributed by atoms with Crippen LogP contribution in [0.25, 0.3) is 0 Å². The molecular formula is C15H13FO3S. The van der Waals surface area contributed by atoms with Crippen LogP contribution in [-0.2, 0) is 0 Å². The second-order valence-corrected chi connectivity index (χ2v) is 5.11. The second kappa shape index (κ2) is 6.96. The Bertz CT molecular complexity index is 593. The van der Waals surface area contributed by atoms with Crippen molar-refractivity contribution in [3.63, 3.8) is 0 Å². The number of thiophene rings is 1. The van der Waals surface area contributed by atoms with Gasteiger partial charge in [-0.15, -0.1) is 11.3 Å². The van der Waals surface area contributed by atoms with Crippen LogP contribution in [0, 0.1) is 5.82 Å². The fourth-order valence-corrected chi connectivity index (χ4v) is 2.38. The van der Waals surface area contributed by atoms with Gasteiger partial charge < -0.3 is 4.74 Å². The summed E-state index contributed by atoms with van der Waals surface area (Å²) < 4.78 is 18.8. The maximum absolute atomic E-state index is 13.5. The van der Waals surface area contributed by atoms with Crippen LogP contribution in [0.15, 0.2) is 35.7 Å². The Morgan fingerprint density at radius 1 is 1.35 bits per heavy atom. The van der Waals surface area contributed by atoms with Crippen molar-refractivity contribution in [2.45, 2.75) is 12.8 Å². The molecule has 104 valence electrons. The summed E-state index contributed by atoms with van der Waals surface area (Å²) in [4.78, 5) is 22.9. The van der Waals surface area contributed by atoms with Crippen molar-refractivity contribution >= 4 is 23.4 Å². The van der Waals surface area contributed by atoms with E-state index in [1.54, 1.807) is 6.07 Å². The van der Waals surface area contributed by atoms with E-state index in [1.807, 2.05) is 11.4 Å². The molecule has 0 aliphatic heterocycles. The van der Waals surface area contributed by atoms with Gasteiger partial charge in [-0.3, -0.25) is 9.59 Å². The van der Waals surface area contributed by atoms with Crippen LogP contribution in [0.3, 0.4) is 0 Å². The Morgan fingerprint density at radius 3 is 2.85 bits per heavy atom. The summed E-state index contributed by atoms with van der Waals surface area (Å²) in [6.07, 6.45) is 1.46. The van der Waals surface area contributed by atoms with Crippen molar-refractivity contribution in [3.05, 3.63) is 52.0 Å². The zero-order valence-corrected chi connectivity index (χ0v) is 11.5. The number of benzene rings is 1. The number of carbonyl (C=O) groups excluding carboxylic acids is 2. The van der Waals surface area contributed by atoms with Gasteiger partial charge in [0.15, 0.2) is 17.3 Å². The highest BCUT2D eigenvalue weighted by Crippen LogP contribution is 2.18. The van der Waals surface area contributed by atoms with Crippen LogP contribution in [-0.4, -0.2) is 18.7 Å². The van der Waals surface area contributed by atoms with E-state index in [-0.39, 0.29) is 23.7 Å². The SMILES string of the molecule is O=Cc1ccc(OCCCC(=O)c2cccs2)c(F)c1. The highest BCUT2D eigenvalue weighted by Gasteiger charge is 2.08. The quantitative estimate of drug-likeness (QED) is 0.443. The van der Waals surface area contributed by atoms with E-state index < -0.39 is 5.82 Å². The van der Waals surface area contributed by atoms with Crippen LogP contribution < -0.4 is 4.74 Å². The normalized spacial score (nSPS) is 10.2. The Kier molecular flexibility index (Phi) is 5.01. The molecule has 1 aromatic carbocycles. The zero-order chi connectivity index (χ0) is 14.4. The largest absolute Gasteiger partial charge is 0.491 e. The number of carbonyl (C=O) groups is 2. The molecule has 2 rings (SSSR count). The lowest BCUT2D eigenvalue weighted by Gasteiger charge is -2.06. The molecule has 3 nitrogen and oxygen atoms in total. The van der Waals surface area contributed by atoms with Gasteiger partial charge in [0, 0.05) is 12.0 Å². The predicted octanol–water partition coefficient (Wildman–Crippen LogP) is 3.74. The van der Waals surface area contributed by atoms with Gasteiger partial charge in [-0.05, 0) is 36.1 Å². The first-order chi connectivity index (χ1) is 9.70. The van der Waals surface area contributed by atoms with E-state index in [2.05, 4.69) is 0 Å². The van der Waals surface area contributed by atoms with Crippen LogP contribution >= 0.6 is 11.3 Å². The van der Waals surface area contributed by atoms with E-state index in [4.69, 9.17) is 4.74 Å². The summed E-state index contributed by atoms with van der Waals surface area (Å²) in [5.74, 6) is -0.404. The topological polar surface area (TPSA) is 43.4 Å². The van der Waals surface area contributed by atoms with Gasteiger partial charge in [0.25, 0.3) is 0 Å². The van der Waals surface area contributed by atoms with Crippen molar-refractivity contribution < 1.29 is 18.7 Å². The van der Waals surface area contributed by atoms with Crippen molar-refractivity contribution in [2.24, 2.45) is 0 Å². The van der Waals surface area contributed by atoms with E-state index in [0.717, 1.165) is 10.9 Å². The Hall–Kier alpha value is -2.01. The van der Waals surface area contributed by atoms with Crippen molar-refractivity contribution in [2.75, 3.05) is 6.61 Å². The first-order valence-corrected chi connectivity index (χ1v) is 7.03. The molecule has 0 atom stereocenters. The fraction of sp³-hybridized carbons (Fsp3) is 0.200. The molecule has 20 heavy (non-hydrogen) atoms. The molecule has 0 amide bonds. The van der Waals surface area contributed by atoms with Crippen LogP contribution in [0.4, 0.5) is 4.39 Å². The smallest absolute Gasteiger partial charge is 0.172 e. The highest BCUT2D eigenvalue weighted by atomic mass is 32.1. The van der Waals surface area contributed by atoms with E-state index >= 15 is 0 Å². The van der Waals surface area contributed by atoms with Crippen LogP contribution in [0.2, 0.25) is 0 Å². The number of rotatable bonds is 7. The summed E-state index contributed by atoms with van der Waals surface area (Å²) in [7, 11) is 0. The van der Waals surface area contributed by atoms with Gasteiger partial charge in [0.05, 0.1) is 11.5 Å². The molecule has 0 radical (unpaired) electrons.